The van der Waals surface area contributed by atoms with Crippen LogP contribution >= 0.6 is 0 Å². The van der Waals surface area contributed by atoms with E-state index < -0.39 is 12.6 Å². The molecule has 90 heavy (non-hydrogen) atoms. The van der Waals surface area contributed by atoms with E-state index in [1.807, 2.05) is 34.6 Å². The highest BCUT2D eigenvalue weighted by atomic mass is 16.5. The van der Waals surface area contributed by atoms with Gasteiger partial charge >= 0.3 is 5.97 Å². The molecule has 0 amide bonds. The maximum atomic E-state index is 11.1. The number of carboxylic acid groups (broad SMARTS) is 1. The monoisotopic (exact) mass is 1280 g/mol. The number of carboxylic acids is 1. The van der Waals surface area contributed by atoms with Crippen molar-refractivity contribution >= 4 is 98.5 Å². The molecule has 0 spiro atoms. The third kappa shape index (κ3) is 90.9. The predicted molar refractivity (Wildman–Crippen MR) is 354 cm³/mol. The lowest BCUT2D eigenvalue weighted by atomic mass is 9.77. The summed E-state index contributed by atoms with van der Waals surface area (Å²) in [4.78, 5) is 179. The van der Waals surface area contributed by atoms with Crippen molar-refractivity contribution in [3.8, 4) is 0 Å². The molecule has 1 atom stereocenters. The second kappa shape index (κ2) is 57.1. The zero-order valence-electron chi connectivity index (χ0n) is 60.7. The van der Waals surface area contributed by atoms with Gasteiger partial charge in [-0.05, 0) is 164 Å². The van der Waals surface area contributed by atoms with E-state index in [0.717, 1.165) is 25.7 Å². The number of rotatable bonds is 34. The summed E-state index contributed by atoms with van der Waals surface area (Å²) >= 11 is 0. The van der Waals surface area contributed by atoms with Gasteiger partial charge in [-0.2, -0.15) is 0 Å². The third-order valence-corrected chi connectivity index (χ3v) is 13.2. The fourth-order valence-corrected chi connectivity index (χ4v) is 9.17. The van der Waals surface area contributed by atoms with E-state index in [9.17, 15) is 81.5 Å². The van der Waals surface area contributed by atoms with E-state index in [-0.39, 0.29) is 127 Å². The number of hydrogen-bond acceptors (Lipinski definition) is 18. The van der Waals surface area contributed by atoms with Crippen LogP contribution in [0, 0.1) is 33.5 Å². The van der Waals surface area contributed by atoms with Gasteiger partial charge in [0, 0.05) is 95.8 Å². The van der Waals surface area contributed by atoms with Gasteiger partial charge in [-0.1, -0.05) is 81.6 Å². The van der Waals surface area contributed by atoms with Crippen LogP contribution in [0.3, 0.4) is 0 Å². The van der Waals surface area contributed by atoms with Crippen LogP contribution in [0.5, 0.6) is 0 Å². The van der Waals surface area contributed by atoms with Crippen LogP contribution < -0.4 is 0 Å². The van der Waals surface area contributed by atoms with Crippen LogP contribution in [-0.4, -0.2) is 117 Å². The summed E-state index contributed by atoms with van der Waals surface area (Å²) in [6.45, 7) is 42.1. The molecule has 0 aromatic carbocycles. The van der Waals surface area contributed by atoms with Crippen molar-refractivity contribution in [2.75, 3.05) is 13.2 Å². The van der Waals surface area contributed by atoms with Crippen molar-refractivity contribution in [3.05, 3.63) is 0 Å². The Morgan fingerprint density at radius 3 is 0.889 bits per heavy atom. The number of hydrogen-bond donors (Lipinski definition) is 1. The van der Waals surface area contributed by atoms with Crippen molar-refractivity contribution in [2.45, 2.75) is 308 Å². The van der Waals surface area contributed by atoms with Crippen LogP contribution in [0.15, 0.2) is 0 Å². The van der Waals surface area contributed by atoms with Crippen molar-refractivity contribution in [2.24, 2.45) is 33.5 Å². The van der Waals surface area contributed by atoms with Crippen molar-refractivity contribution in [1.29, 1.82) is 0 Å². The minimum absolute atomic E-state index is 0.0394. The lowest BCUT2D eigenvalue weighted by Gasteiger charge is -2.26. The zero-order chi connectivity index (χ0) is 72.9. The average molecular weight is 1280 g/mol. The van der Waals surface area contributed by atoms with Crippen LogP contribution in [-0.2, 0) is 86.2 Å². The Hall–Kier alpha value is -5.85. The molecule has 1 aliphatic carbocycles. The molecule has 0 saturated heterocycles. The summed E-state index contributed by atoms with van der Waals surface area (Å²) in [7, 11) is 0. The molecule has 522 valence electrons. The van der Waals surface area contributed by atoms with Crippen molar-refractivity contribution in [1.82, 2.24) is 0 Å². The van der Waals surface area contributed by atoms with Gasteiger partial charge in [-0.3, -0.25) is 9.59 Å². The summed E-state index contributed by atoms with van der Waals surface area (Å²) in [6.07, 6.45) is 14.4. The summed E-state index contributed by atoms with van der Waals surface area (Å²) in [5, 5.41) is 7.99. The topological polar surface area (TPSA) is 320 Å². The van der Waals surface area contributed by atoms with E-state index in [1.54, 1.807) is 83.1 Å². The van der Waals surface area contributed by atoms with Crippen molar-refractivity contribution < 1.29 is 91.4 Å². The van der Waals surface area contributed by atoms with E-state index in [1.165, 1.54) is 47.5 Å². The Balaban J connectivity index is -0.000000141. The van der Waals surface area contributed by atoms with E-state index in [4.69, 9.17) is 5.11 Å². The van der Waals surface area contributed by atoms with Gasteiger partial charge in [0.1, 0.15) is 100.0 Å². The van der Waals surface area contributed by atoms with E-state index >= 15 is 0 Å². The van der Waals surface area contributed by atoms with Crippen LogP contribution in [0.4, 0.5) is 0 Å². The second-order valence-corrected chi connectivity index (χ2v) is 26.8. The molecule has 19 heteroatoms. The van der Waals surface area contributed by atoms with Crippen LogP contribution in [0.1, 0.15) is 308 Å². The highest BCUT2D eigenvalue weighted by Crippen LogP contribution is 2.44. The number of ketones is 16. The van der Waals surface area contributed by atoms with Crippen LogP contribution in [0.2, 0.25) is 0 Å². The fraction of sp³-hybridized carbons (Fsp3) is 0.761. The molecule has 1 saturated carbocycles. The first kappa shape index (κ1) is 100. The number of Topliss-reactive ketones (excluding diaryl/α,β-unsaturated/α-hetero) is 16. The maximum Gasteiger partial charge on any atom is 0.329 e. The highest BCUT2D eigenvalue weighted by Gasteiger charge is 2.36. The second-order valence-electron chi connectivity index (χ2n) is 26.8. The molecule has 1 fully saturated rings. The summed E-state index contributed by atoms with van der Waals surface area (Å²) in [5.41, 5.74) is -0.0150. The fourth-order valence-electron chi connectivity index (χ4n) is 9.17. The van der Waals surface area contributed by atoms with E-state index in [2.05, 4.69) is 25.5 Å². The minimum Gasteiger partial charge on any atom is -0.480 e. The normalized spacial score (nSPS) is 11.9. The molecule has 0 aliphatic heterocycles. The Labute approximate surface area is 542 Å². The first-order chi connectivity index (χ1) is 40.7. The number of ether oxygens (including phenoxy) is 1. The van der Waals surface area contributed by atoms with Gasteiger partial charge in [-0.15, -0.1) is 0 Å². The number of carbonyl (C=O) groups excluding carboxylic acids is 16. The molecule has 1 N–H and O–H groups in total. The Morgan fingerprint density at radius 1 is 0.378 bits per heavy atom. The smallest absolute Gasteiger partial charge is 0.329 e. The first-order valence-corrected chi connectivity index (χ1v) is 31.4. The quantitative estimate of drug-likeness (QED) is 0.0625. The van der Waals surface area contributed by atoms with Gasteiger partial charge in [0.05, 0.1) is 0 Å². The van der Waals surface area contributed by atoms with Gasteiger partial charge in [-0.25, -0.2) is 4.79 Å². The molecular weight excluding hydrogens is 1160 g/mol. The number of carbonyl (C=O) groups is 17. The summed E-state index contributed by atoms with van der Waals surface area (Å²) < 4.78 is 4.41. The molecule has 0 bridgehead atoms. The first-order valence-electron chi connectivity index (χ1n) is 31.4. The lowest BCUT2D eigenvalue weighted by Crippen LogP contribution is -2.22. The van der Waals surface area contributed by atoms with Gasteiger partial charge in [0.25, 0.3) is 0 Å². The molecule has 1 rings (SSSR count). The Kier molecular flexibility index (Phi) is 63.6. The van der Waals surface area contributed by atoms with Gasteiger partial charge in [0.15, 0.2) is 5.78 Å². The predicted octanol–water partition coefficient (Wildman–Crippen LogP) is 14.0. The van der Waals surface area contributed by atoms with Crippen molar-refractivity contribution in [3.63, 3.8) is 0 Å². The largest absolute Gasteiger partial charge is 0.480 e. The Morgan fingerprint density at radius 2 is 0.689 bits per heavy atom. The molecular formula is C71H124O19. The summed E-state index contributed by atoms with van der Waals surface area (Å²) in [6, 6.07) is 0. The number of aliphatic carboxylic acids is 1. The summed E-state index contributed by atoms with van der Waals surface area (Å²) in [5.74, 6) is 1.25. The SMILES string of the molecule is CC(=O)CC(C)(C)CC(C)=O.CC(=O)CC(C)C(C)=O.CC(=O)CC(C)CC(C)=O.CC(=O)CC1(CC(C)=O)CCCC1.CC(=O)CCC(C)=O.CC(=O)CCCC(C)=O.CC(=O)COCC(=O)O.CCC(C)(C)CC(C)=O.CCC(C)(CC(C)=O)CC(C)=O. The Bertz CT molecular complexity index is 2110. The average Bonchev–Trinajstić information content (AvgIpc) is 2.08. The standard InChI is InChI=1S/C11H18O2.C10H18O2.C9H16O2.C8H14O2.C8H16O.2C7H12O2.C6H10O2.C5H8O4/c1-9(12)7-11(8-10(2)13)5-3-4-6-11;1-5-10(4,6-8(2)11)7-9(3)12;1-7(10)5-9(3,4)6-8(2)11;1-6(4-7(2)9)5-8(3)10;1-5-8(3,4)6-7(2)9;1-5(7(3)9)4-6(2)8;1-6(8)4-3-5-7(2)9;1-5(7)3-4-6(2)8;1-4(6)2-9-3-5(7)8/h3-8H2,1-2H3;5-7H2,1-4H3;5-6H2,1-4H3;6H,4-5H2,1-3H3;5-6H2,1-4H3;5H,4H2,1-3H3;3-5H2,1-2H3;3-4H2,1-2H3;2-3H2,1H3,(H,7,8). The molecule has 0 radical (unpaired) electrons. The molecule has 0 aromatic rings. The highest BCUT2D eigenvalue weighted by molar-refractivity contribution is 5.86. The zero-order valence-corrected chi connectivity index (χ0v) is 60.7. The van der Waals surface area contributed by atoms with Gasteiger partial charge < -0.3 is 77.0 Å². The van der Waals surface area contributed by atoms with Gasteiger partial charge in [0.2, 0.25) is 0 Å². The third-order valence-electron chi connectivity index (χ3n) is 13.2. The molecule has 1 unspecified atom stereocenters. The van der Waals surface area contributed by atoms with Crippen LogP contribution in [0.25, 0.3) is 0 Å². The molecule has 0 heterocycles. The molecule has 19 nitrogen and oxygen atoms in total. The molecule has 0 aromatic heterocycles. The lowest BCUT2D eigenvalue weighted by molar-refractivity contribution is -0.143. The maximum absolute atomic E-state index is 11.1. The van der Waals surface area contributed by atoms with E-state index in [0.29, 0.717) is 102 Å². The minimum atomic E-state index is -1.06. The molecule has 1 aliphatic rings.